The van der Waals surface area contributed by atoms with Crippen LogP contribution in [0.1, 0.15) is 11.5 Å². The summed E-state index contributed by atoms with van der Waals surface area (Å²) in [7, 11) is 1.88. The van der Waals surface area contributed by atoms with Gasteiger partial charge in [-0.15, -0.1) is 10.2 Å². The van der Waals surface area contributed by atoms with E-state index in [-0.39, 0.29) is 5.82 Å². The molecule has 0 aliphatic carbocycles. The Kier molecular flexibility index (Phi) is 4.83. The van der Waals surface area contributed by atoms with E-state index in [0.29, 0.717) is 30.4 Å². The van der Waals surface area contributed by atoms with E-state index in [4.69, 9.17) is 4.42 Å². The van der Waals surface area contributed by atoms with Gasteiger partial charge in [0, 0.05) is 16.6 Å². The fraction of sp³-hybridized carbons (Fsp3) is 0.176. The van der Waals surface area contributed by atoms with Crippen molar-refractivity contribution in [1.29, 1.82) is 0 Å². The molecule has 0 N–H and O–H groups in total. The number of aromatic nitrogens is 2. The van der Waals surface area contributed by atoms with Crippen LogP contribution in [0.4, 0.5) is 4.39 Å². The van der Waals surface area contributed by atoms with Crippen molar-refractivity contribution < 1.29 is 8.81 Å². The van der Waals surface area contributed by atoms with Gasteiger partial charge in [-0.1, -0.05) is 30.3 Å². The standard InChI is InChI=1S/C17H15BrFN3O/c1-22(10-12-6-2-5-9-15(12)19)11-16-20-21-17(23-16)13-7-3-4-8-14(13)18/h2-9H,10-11H2,1H3. The number of benzene rings is 2. The molecular formula is C17H15BrFN3O. The first-order valence-corrected chi connectivity index (χ1v) is 7.92. The van der Waals surface area contributed by atoms with Gasteiger partial charge < -0.3 is 4.42 Å². The minimum absolute atomic E-state index is 0.209. The Hall–Kier alpha value is -2.05. The van der Waals surface area contributed by atoms with Gasteiger partial charge in [-0.3, -0.25) is 4.90 Å². The first kappa shape index (κ1) is 15.8. The average molecular weight is 376 g/mol. The molecule has 0 unspecified atom stereocenters. The number of hydrogen-bond donors (Lipinski definition) is 0. The Labute approximate surface area is 142 Å². The molecule has 3 rings (SSSR count). The second-order valence-corrected chi connectivity index (χ2v) is 6.10. The van der Waals surface area contributed by atoms with Crippen molar-refractivity contribution in [1.82, 2.24) is 15.1 Å². The summed E-state index contributed by atoms with van der Waals surface area (Å²) in [5.74, 6) is 0.750. The third-order valence-electron chi connectivity index (χ3n) is 3.37. The number of halogens is 2. The lowest BCUT2D eigenvalue weighted by Crippen LogP contribution is -2.18. The molecule has 3 aromatic rings. The van der Waals surface area contributed by atoms with E-state index in [1.807, 2.05) is 42.3 Å². The molecule has 23 heavy (non-hydrogen) atoms. The van der Waals surface area contributed by atoms with Crippen molar-refractivity contribution in [3.8, 4) is 11.5 Å². The van der Waals surface area contributed by atoms with E-state index in [1.165, 1.54) is 6.07 Å². The van der Waals surface area contributed by atoms with Gasteiger partial charge in [0.25, 0.3) is 0 Å². The Balaban J connectivity index is 1.70. The lowest BCUT2D eigenvalue weighted by atomic mass is 10.2. The van der Waals surface area contributed by atoms with Gasteiger partial charge in [-0.05, 0) is 41.2 Å². The molecule has 0 fully saturated rings. The van der Waals surface area contributed by atoms with Crippen molar-refractivity contribution in [3.63, 3.8) is 0 Å². The lowest BCUT2D eigenvalue weighted by molar-refractivity contribution is 0.279. The zero-order valence-electron chi connectivity index (χ0n) is 12.5. The van der Waals surface area contributed by atoms with Crippen LogP contribution in [0, 0.1) is 5.82 Å². The van der Waals surface area contributed by atoms with E-state index in [0.717, 1.165) is 10.0 Å². The molecular weight excluding hydrogens is 361 g/mol. The van der Waals surface area contributed by atoms with Crippen LogP contribution in [0.2, 0.25) is 0 Å². The molecule has 2 aromatic carbocycles. The maximum atomic E-state index is 13.7. The van der Waals surface area contributed by atoms with Gasteiger partial charge in [0.05, 0.1) is 12.1 Å². The molecule has 0 radical (unpaired) electrons. The van der Waals surface area contributed by atoms with Crippen LogP contribution in [0.5, 0.6) is 0 Å². The first-order valence-electron chi connectivity index (χ1n) is 7.12. The second-order valence-electron chi connectivity index (χ2n) is 5.24. The van der Waals surface area contributed by atoms with Crippen molar-refractivity contribution in [2.45, 2.75) is 13.1 Å². The summed E-state index contributed by atoms with van der Waals surface area (Å²) in [5.41, 5.74) is 1.49. The monoisotopic (exact) mass is 375 g/mol. The Morgan fingerprint density at radius 1 is 1.04 bits per heavy atom. The highest BCUT2D eigenvalue weighted by molar-refractivity contribution is 9.10. The van der Waals surface area contributed by atoms with Gasteiger partial charge in [0.1, 0.15) is 5.82 Å². The van der Waals surface area contributed by atoms with Gasteiger partial charge >= 0.3 is 0 Å². The molecule has 0 saturated carbocycles. The van der Waals surface area contributed by atoms with E-state index >= 15 is 0 Å². The summed E-state index contributed by atoms with van der Waals surface area (Å²) in [4.78, 5) is 1.93. The lowest BCUT2D eigenvalue weighted by Gasteiger charge is -2.14. The van der Waals surface area contributed by atoms with E-state index in [2.05, 4.69) is 26.1 Å². The SMILES string of the molecule is CN(Cc1nnc(-c2ccccc2Br)o1)Cc1ccccc1F. The highest BCUT2D eigenvalue weighted by atomic mass is 79.9. The fourth-order valence-electron chi connectivity index (χ4n) is 2.27. The summed E-state index contributed by atoms with van der Waals surface area (Å²) in [6.07, 6.45) is 0. The third-order valence-corrected chi connectivity index (χ3v) is 4.07. The Morgan fingerprint density at radius 2 is 1.78 bits per heavy atom. The zero-order chi connectivity index (χ0) is 16.2. The van der Waals surface area contributed by atoms with E-state index in [1.54, 1.807) is 12.1 Å². The summed E-state index contributed by atoms with van der Waals surface area (Å²) < 4.78 is 20.3. The largest absolute Gasteiger partial charge is 0.419 e. The minimum Gasteiger partial charge on any atom is -0.419 e. The highest BCUT2D eigenvalue weighted by Gasteiger charge is 2.13. The predicted molar refractivity (Wildman–Crippen MR) is 89.0 cm³/mol. The summed E-state index contributed by atoms with van der Waals surface area (Å²) >= 11 is 3.47. The number of rotatable bonds is 5. The maximum Gasteiger partial charge on any atom is 0.248 e. The first-order chi connectivity index (χ1) is 11.1. The molecule has 0 aliphatic heterocycles. The van der Waals surface area contributed by atoms with E-state index in [9.17, 15) is 4.39 Å². The van der Waals surface area contributed by atoms with Gasteiger partial charge in [-0.2, -0.15) is 0 Å². The smallest absolute Gasteiger partial charge is 0.248 e. The predicted octanol–water partition coefficient (Wildman–Crippen LogP) is 4.27. The normalized spacial score (nSPS) is 11.1. The quantitative estimate of drug-likeness (QED) is 0.667. The third kappa shape index (κ3) is 3.83. The topological polar surface area (TPSA) is 42.2 Å². The molecule has 0 amide bonds. The summed E-state index contributed by atoms with van der Waals surface area (Å²) in [5, 5.41) is 8.14. The van der Waals surface area contributed by atoms with Crippen molar-refractivity contribution in [2.24, 2.45) is 0 Å². The number of nitrogens with zero attached hydrogens (tertiary/aromatic N) is 3. The van der Waals surface area contributed by atoms with Crippen LogP contribution in [0.3, 0.4) is 0 Å². The Morgan fingerprint density at radius 3 is 2.57 bits per heavy atom. The molecule has 0 saturated heterocycles. The molecule has 0 spiro atoms. The van der Waals surface area contributed by atoms with Crippen LogP contribution in [-0.4, -0.2) is 22.1 Å². The molecule has 0 atom stereocenters. The average Bonchev–Trinajstić information content (AvgIpc) is 2.98. The van der Waals surface area contributed by atoms with Crippen LogP contribution in [0.25, 0.3) is 11.5 Å². The molecule has 118 valence electrons. The molecule has 1 heterocycles. The maximum absolute atomic E-state index is 13.7. The Bertz CT molecular complexity index is 806. The van der Waals surface area contributed by atoms with Gasteiger partial charge in [0.15, 0.2) is 0 Å². The van der Waals surface area contributed by atoms with Crippen molar-refractivity contribution >= 4 is 15.9 Å². The zero-order valence-corrected chi connectivity index (χ0v) is 14.1. The van der Waals surface area contributed by atoms with Gasteiger partial charge in [0.2, 0.25) is 11.8 Å². The van der Waals surface area contributed by atoms with Crippen LogP contribution in [-0.2, 0) is 13.1 Å². The van der Waals surface area contributed by atoms with Crippen LogP contribution >= 0.6 is 15.9 Å². The van der Waals surface area contributed by atoms with Crippen LogP contribution in [0.15, 0.2) is 57.4 Å². The second kappa shape index (κ2) is 7.02. The van der Waals surface area contributed by atoms with E-state index < -0.39 is 0 Å². The van der Waals surface area contributed by atoms with Crippen molar-refractivity contribution in [3.05, 3.63) is 70.3 Å². The molecule has 0 bridgehead atoms. The minimum atomic E-state index is -0.209. The fourth-order valence-corrected chi connectivity index (χ4v) is 2.72. The van der Waals surface area contributed by atoms with Crippen LogP contribution < -0.4 is 0 Å². The molecule has 6 heteroatoms. The molecule has 0 aliphatic rings. The summed E-state index contributed by atoms with van der Waals surface area (Å²) in [6.45, 7) is 0.922. The number of hydrogen-bond acceptors (Lipinski definition) is 4. The van der Waals surface area contributed by atoms with Gasteiger partial charge in [-0.25, -0.2) is 4.39 Å². The highest BCUT2D eigenvalue weighted by Crippen LogP contribution is 2.26. The van der Waals surface area contributed by atoms with Crippen molar-refractivity contribution in [2.75, 3.05) is 7.05 Å². The molecule has 1 aromatic heterocycles. The summed E-state index contributed by atoms with van der Waals surface area (Å²) in [6, 6.07) is 14.4. The molecule has 4 nitrogen and oxygen atoms in total.